The maximum atomic E-state index is 9.68. The molecule has 3 heterocycles. The highest BCUT2D eigenvalue weighted by atomic mass is 16.3. The van der Waals surface area contributed by atoms with E-state index in [0.717, 1.165) is 24.6 Å². The van der Waals surface area contributed by atoms with Crippen LogP contribution in [-0.2, 0) is 5.41 Å². The van der Waals surface area contributed by atoms with Crippen LogP contribution >= 0.6 is 0 Å². The van der Waals surface area contributed by atoms with E-state index < -0.39 is 0 Å². The minimum atomic E-state index is -0.296. The molecule has 7 heteroatoms. The van der Waals surface area contributed by atoms with Crippen molar-refractivity contribution in [3.8, 4) is 0 Å². The number of fused-ring (bicyclic) bond motifs is 1. The summed E-state index contributed by atoms with van der Waals surface area (Å²) in [7, 11) is 0. The Bertz CT molecular complexity index is 602. The highest BCUT2D eigenvalue weighted by Gasteiger charge is 2.27. The number of hydrogen-bond donors (Lipinski definition) is 2. The monoisotopic (exact) mass is 262 g/mol. The van der Waals surface area contributed by atoms with Crippen molar-refractivity contribution in [2.45, 2.75) is 38.7 Å². The first-order valence-corrected chi connectivity index (χ1v) is 6.47. The average Bonchev–Trinajstić information content (AvgIpc) is 2.94. The summed E-state index contributed by atoms with van der Waals surface area (Å²) >= 11 is 0. The Hall–Kier alpha value is -1.76. The Labute approximate surface area is 111 Å². The summed E-state index contributed by atoms with van der Waals surface area (Å²) in [6, 6.07) is 0. The number of aromatic amines is 1. The molecule has 0 saturated carbocycles. The second kappa shape index (κ2) is 4.12. The molecule has 1 aliphatic heterocycles. The highest BCUT2D eigenvalue weighted by molar-refractivity contribution is 5.82. The van der Waals surface area contributed by atoms with Crippen LogP contribution in [0.1, 0.15) is 33.0 Å². The van der Waals surface area contributed by atoms with Crippen molar-refractivity contribution < 1.29 is 5.11 Å². The molecular formula is C12H18N6O. The fourth-order valence-electron chi connectivity index (χ4n) is 2.23. The zero-order valence-electron chi connectivity index (χ0n) is 11.4. The Morgan fingerprint density at radius 1 is 1.32 bits per heavy atom. The number of aromatic nitrogens is 5. The summed E-state index contributed by atoms with van der Waals surface area (Å²) in [6.45, 7) is 7.58. The lowest BCUT2D eigenvalue weighted by Crippen LogP contribution is -2.25. The Balaban J connectivity index is 2.13. The fourth-order valence-corrected chi connectivity index (χ4v) is 2.23. The minimum Gasteiger partial charge on any atom is -0.391 e. The first-order valence-electron chi connectivity index (χ1n) is 6.47. The molecule has 2 aromatic rings. The zero-order chi connectivity index (χ0) is 13.6. The quantitative estimate of drug-likeness (QED) is 0.782. The van der Waals surface area contributed by atoms with Crippen molar-refractivity contribution >= 4 is 17.0 Å². The molecule has 0 aliphatic carbocycles. The molecule has 3 rings (SSSR count). The second-order valence-electron chi connectivity index (χ2n) is 6.02. The summed E-state index contributed by atoms with van der Waals surface area (Å²) in [4.78, 5) is 11.2. The smallest absolute Gasteiger partial charge is 0.181 e. The van der Waals surface area contributed by atoms with Crippen molar-refractivity contribution in [3.63, 3.8) is 0 Å². The van der Waals surface area contributed by atoms with Gasteiger partial charge in [-0.3, -0.25) is 0 Å². The third kappa shape index (κ3) is 2.14. The molecule has 0 bridgehead atoms. The van der Waals surface area contributed by atoms with Crippen LogP contribution in [0, 0.1) is 0 Å². The van der Waals surface area contributed by atoms with Gasteiger partial charge in [-0.1, -0.05) is 26.0 Å². The van der Waals surface area contributed by atoms with Crippen LogP contribution in [0.3, 0.4) is 0 Å². The van der Waals surface area contributed by atoms with Gasteiger partial charge in [-0.05, 0) is 6.42 Å². The molecule has 7 nitrogen and oxygen atoms in total. The predicted molar refractivity (Wildman–Crippen MR) is 71.0 cm³/mol. The molecule has 2 aromatic heterocycles. The Kier molecular flexibility index (Phi) is 2.67. The largest absolute Gasteiger partial charge is 0.391 e. The van der Waals surface area contributed by atoms with E-state index in [0.29, 0.717) is 17.7 Å². The summed E-state index contributed by atoms with van der Waals surface area (Å²) < 4.78 is 0. The van der Waals surface area contributed by atoms with Crippen molar-refractivity contribution in [2.24, 2.45) is 0 Å². The zero-order valence-corrected chi connectivity index (χ0v) is 11.4. The topological polar surface area (TPSA) is 90.8 Å². The van der Waals surface area contributed by atoms with Gasteiger partial charge in [-0.2, -0.15) is 0 Å². The number of anilines is 1. The van der Waals surface area contributed by atoms with Crippen molar-refractivity contribution in [2.75, 3.05) is 18.0 Å². The third-order valence-electron chi connectivity index (χ3n) is 3.31. The standard InChI is InChI=1S/C12H18N6O/c1-12(2,3)11-13-9-8(15-17-16-9)10(14-11)18-5-4-7(19)6-18/h7,19H,4-6H2,1-3H3,(H,13,14,15,16,17). The number of hydrogen-bond acceptors (Lipinski definition) is 6. The van der Waals surface area contributed by atoms with Crippen LogP contribution in [0.25, 0.3) is 11.2 Å². The first kappa shape index (κ1) is 12.3. The van der Waals surface area contributed by atoms with Crippen LogP contribution in [0.2, 0.25) is 0 Å². The van der Waals surface area contributed by atoms with Gasteiger partial charge in [0.1, 0.15) is 5.82 Å². The van der Waals surface area contributed by atoms with Crippen LogP contribution in [0.5, 0.6) is 0 Å². The molecule has 102 valence electrons. The van der Waals surface area contributed by atoms with E-state index in [2.05, 4.69) is 46.1 Å². The predicted octanol–water partition coefficient (Wildman–Crippen LogP) is 0.616. The molecule has 1 saturated heterocycles. The normalized spacial score (nSPS) is 20.4. The van der Waals surface area contributed by atoms with Gasteiger partial charge in [-0.25, -0.2) is 15.1 Å². The van der Waals surface area contributed by atoms with Crippen molar-refractivity contribution in [1.82, 2.24) is 25.4 Å². The molecule has 2 N–H and O–H groups in total. The van der Waals surface area contributed by atoms with Crippen LogP contribution in [0.4, 0.5) is 5.82 Å². The molecule has 1 fully saturated rings. The maximum absolute atomic E-state index is 9.68. The number of aliphatic hydroxyl groups excluding tert-OH is 1. The molecule has 19 heavy (non-hydrogen) atoms. The van der Waals surface area contributed by atoms with Gasteiger partial charge < -0.3 is 10.0 Å². The van der Waals surface area contributed by atoms with Crippen LogP contribution in [-0.4, -0.2) is 49.7 Å². The molecule has 1 unspecified atom stereocenters. The van der Waals surface area contributed by atoms with E-state index in [9.17, 15) is 5.11 Å². The third-order valence-corrected chi connectivity index (χ3v) is 3.31. The lowest BCUT2D eigenvalue weighted by molar-refractivity contribution is 0.198. The van der Waals surface area contributed by atoms with Gasteiger partial charge in [0.15, 0.2) is 17.0 Å². The molecule has 1 aliphatic rings. The van der Waals surface area contributed by atoms with Gasteiger partial charge in [0, 0.05) is 18.5 Å². The molecule has 0 spiro atoms. The first-order chi connectivity index (χ1) is 8.95. The van der Waals surface area contributed by atoms with E-state index in [1.54, 1.807) is 0 Å². The molecule has 0 amide bonds. The molecular weight excluding hydrogens is 244 g/mol. The maximum Gasteiger partial charge on any atom is 0.181 e. The van der Waals surface area contributed by atoms with Gasteiger partial charge in [0.05, 0.1) is 6.10 Å². The van der Waals surface area contributed by atoms with E-state index in [-0.39, 0.29) is 11.5 Å². The number of aliphatic hydroxyl groups is 1. The summed E-state index contributed by atoms with van der Waals surface area (Å²) in [5, 5.41) is 20.4. The van der Waals surface area contributed by atoms with Crippen LogP contribution in [0.15, 0.2) is 0 Å². The SMILES string of the molecule is CC(C)(C)c1nc(N2CCC(O)C2)c2nn[nH]c2n1. The van der Waals surface area contributed by atoms with E-state index in [1.807, 2.05) is 4.90 Å². The van der Waals surface area contributed by atoms with Gasteiger partial charge >= 0.3 is 0 Å². The fraction of sp³-hybridized carbons (Fsp3) is 0.667. The number of nitrogens with zero attached hydrogens (tertiary/aromatic N) is 5. The lowest BCUT2D eigenvalue weighted by Gasteiger charge is -2.21. The van der Waals surface area contributed by atoms with Gasteiger partial charge in [0.25, 0.3) is 0 Å². The number of nitrogens with one attached hydrogen (secondary N) is 1. The van der Waals surface area contributed by atoms with E-state index in [1.165, 1.54) is 0 Å². The van der Waals surface area contributed by atoms with Gasteiger partial charge in [-0.15, -0.1) is 5.10 Å². The van der Waals surface area contributed by atoms with Crippen LogP contribution < -0.4 is 4.90 Å². The van der Waals surface area contributed by atoms with E-state index >= 15 is 0 Å². The Morgan fingerprint density at radius 3 is 2.74 bits per heavy atom. The lowest BCUT2D eigenvalue weighted by atomic mass is 9.96. The number of β-amino-alcohol motifs (C(OH)–C–C–N with tert-alkyl or cyclic N) is 1. The molecule has 0 radical (unpaired) electrons. The second-order valence-corrected chi connectivity index (χ2v) is 6.02. The molecule has 1 atom stereocenters. The summed E-state index contributed by atoms with van der Waals surface area (Å²) in [5.41, 5.74) is 1.17. The van der Waals surface area contributed by atoms with E-state index in [4.69, 9.17) is 0 Å². The summed E-state index contributed by atoms with van der Waals surface area (Å²) in [5.74, 6) is 1.52. The minimum absolute atomic E-state index is 0.146. The summed E-state index contributed by atoms with van der Waals surface area (Å²) in [6.07, 6.45) is 0.462. The Morgan fingerprint density at radius 2 is 2.11 bits per heavy atom. The molecule has 0 aromatic carbocycles. The average molecular weight is 262 g/mol. The number of H-pyrrole nitrogens is 1. The highest BCUT2D eigenvalue weighted by Crippen LogP contribution is 2.28. The van der Waals surface area contributed by atoms with Crippen molar-refractivity contribution in [1.29, 1.82) is 0 Å². The van der Waals surface area contributed by atoms with Gasteiger partial charge in [0.2, 0.25) is 0 Å². The van der Waals surface area contributed by atoms with Crippen molar-refractivity contribution in [3.05, 3.63) is 5.82 Å². The number of rotatable bonds is 1.